The van der Waals surface area contributed by atoms with Crippen molar-refractivity contribution >= 4 is 17.6 Å². The number of benzene rings is 1. The normalized spacial score (nSPS) is 25.3. The molecule has 2 aliphatic heterocycles. The molecule has 114 valence electrons. The number of hydrogen-bond acceptors (Lipinski definition) is 3. The van der Waals surface area contributed by atoms with Gasteiger partial charge in [-0.2, -0.15) is 0 Å². The van der Waals surface area contributed by atoms with E-state index >= 15 is 0 Å². The van der Waals surface area contributed by atoms with Crippen LogP contribution >= 0.6 is 11.6 Å². The molecule has 1 N–H and O–H groups in total. The van der Waals surface area contributed by atoms with Crippen LogP contribution in [0.2, 0.25) is 5.02 Å². The molecule has 0 radical (unpaired) electrons. The first-order chi connectivity index (χ1) is 10.1. The fourth-order valence-corrected chi connectivity index (χ4v) is 3.92. The van der Waals surface area contributed by atoms with Crippen LogP contribution in [0.25, 0.3) is 0 Å². The van der Waals surface area contributed by atoms with Gasteiger partial charge in [-0.25, -0.2) is 0 Å². The van der Waals surface area contributed by atoms with Crippen molar-refractivity contribution in [3.8, 4) is 0 Å². The van der Waals surface area contributed by atoms with Crippen molar-refractivity contribution in [2.45, 2.75) is 19.4 Å². The van der Waals surface area contributed by atoms with Crippen LogP contribution in [-0.4, -0.2) is 42.3 Å². The summed E-state index contributed by atoms with van der Waals surface area (Å²) in [6.07, 6.45) is 1.69. The number of rotatable bonds is 3. The lowest BCUT2D eigenvalue weighted by Crippen LogP contribution is -2.40. The summed E-state index contributed by atoms with van der Waals surface area (Å²) in [5.41, 5.74) is 1.01. The van der Waals surface area contributed by atoms with Crippen molar-refractivity contribution < 1.29 is 14.6 Å². The summed E-state index contributed by atoms with van der Waals surface area (Å²) in [6, 6.07) is 7.78. The van der Waals surface area contributed by atoms with Crippen LogP contribution in [0.15, 0.2) is 24.3 Å². The molecule has 1 aromatic carbocycles. The second kappa shape index (κ2) is 5.95. The summed E-state index contributed by atoms with van der Waals surface area (Å²) in [5.74, 6) is -0.967. The summed E-state index contributed by atoms with van der Waals surface area (Å²) in [6.45, 7) is 3.55. The first-order valence-electron chi connectivity index (χ1n) is 7.36. The van der Waals surface area contributed by atoms with E-state index in [1.807, 2.05) is 24.3 Å². The van der Waals surface area contributed by atoms with Gasteiger partial charge in [0.15, 0.2) is 0 Å². The Morgan fingerprint density at radius 3 is 2.86 bits per heavy atom. The van der Waals surface area contributed by atoms with Crippen LogP contribution in [0.4, 0.5) is 0 Å². The van der Waals surface area contributed by atoms with E-state index in [0.717, 1.165) is 36.5 Å². The highest BCUT2D eigenvalue weighted by atomic mass is 35.5. The Labute approximate surface area is 129 Å². The molecule has 4 nitrogen and oxygen atoms in total. The monoisotopic (exact) mass is 309 g/mol. The molecule has 5 heteroatoms. The Hall–Kier alpha value is -1.10. The zero-order valence-corrected chi connectivity index (χ0v) is 12.7. The van der Waals surface area contributed by atoms with Crippen LogP contribution in [0.5, 0.6) is 0 Å². The van der Waals surface area contributed by atoms with Crippen LogP contribution < -0.4 is 0 Å². The molecule has 1 spiro atoms. The summed E-state index contributed by atoms with van der Waals surface area (Å²) in [5, 5.41) is 10.3. The van der Waals surface area contributed by atoms with E-state index < -0.39 is 5.97 Å². The fraction of sp³-hybridized carbons (Fsp3) is 0.562. The Morgan fingerprint density at radius 2 is 2.19 bits per heavy atom. The van der Waals surface area contributed by atoms with E-state index in [1.165, 1.54) is 0 Å². The smallest absolute Gasteiger partial charge is 0.308 e. The van der Waals surface area contributed by atoms with Gasteiger partial charge in [0.25, 0.3) is 0 Å². The molecule has 0 saturated carbocycles. The maximum atomic E-state index is 11.6. The highest BCUT2D eigenvalue weighted by molar-refractivity contribution is 6.30. The van der Waals surface area contributed by atoms with Gasteiger partial charge >= 0.3 is 5.97 Å². The first kappa shape index (κ1) is 14.8. The Kier molecular flexibility index (Phi) is 4.20. The third kappa shape index (κ3) is 3.07. The maximum absolute atomic E-state index is 11.6. The van der Waals surface area contributed by atoms with Crippen molar-refractivity contribution in [2.24, 2.45) is 11.3 Å². The van der Waals surface area contributed by atoms with Crippen molar-refractivity contribution in [1.29, 1.82) is 0 Å². The SMILES string of the molecule is O=C(O)[C@@H]1CN(Cc2cccc(Cl)c2)CC12CCOCC2. The highest BCUT2D eigenvalue weighted by Crippen LogP contribution is 2.44. The zero-order chi connectivity index (χ0) is 14.9. The van der Waals surface area contributed by atoms with Crippen LogP contribution in [0, 0.1) is 11.3 Å². The Bertz CT molecular complexity index is 528. The summed E-state index contributed by atoms with van der Waals surface area (Å²) >= 11 is 6.02. The molecule has 21 heavy (non-hydrogen) atoms. The molecule has 2 saturated heterocycles. The molecule has 2 aliphatic rings. The molecule has 0 bridgehead atoms. The minimum atomic E-state index is -0.675. The van der Waals surface area contributed by atoms with Gasteiger partial charge in [-0.3, -0.25) is 9.69 Å². The van der Waals surface area contributed by atoms with Gasteiger partial charge in [0.05, 0.1) is 5.92 Å². The second-order valence-electron chi connectivity index (χ2n) is 6.17. The minimum absolute atomic E-state index is 0.122. The number of aliphatic carboxylic acids is 1. The lowest BCUT2D eigenvalue weighted by Gasteiger charge is -2.36. The number of nitrogens with zero attached hydrogens (tertiary/aromatic N) is 1. The summed E-state index contributed by atoms with van der Waals surface area (Å²) in [7, 11) is 0. The van der Waals surface area contributed by atoms with Crippen molar-refractivity contribution in [2.75, 3.05) is 26.3 Å². The summed E-state index contributed by atoms with van der Waals surface area (Å²) < 4.78 is 5.42. The number of ether oxygens (including phenoxy) is 1. The van der Waals surface area contributed by atoms with Crippen LogP contribution in [0.3, 0.4) is 0 Å². The lowest BCUT2D eigenvalue weighted by molar-refractivity contribution is -0.146. The lowest BCUT2D eigenvalue weighted by atomic mass is 9.72. The van der Waals surface area contributed by atoms with Crippen molar-refractivity contribution in [1.82, 2.24) is 4.90 Å². The topological polar surface area (TPSA) is 49.8 Å². The predicted molar refractivity (Wildman–Crippen MR) is 80.3 cm³/mol. The van der Waals surface area contributed by atoms with Gasteiger partial charge < -0.3 is 9.84 Å². The molecule has 0 aliphatic carbocycles. The van der Waals surface area contributed by atoms with Gasteiger partial charge in [-0.15, -0.1) is 0 Å². The van der Waals surface area contributed by atoms with E-state index in [-0.39, 0.29) is 11.3 Å². The molecule has 2 fully saturated rings. The standard InChI is InChI=1S/C16H20ClNO3/c17-13-3-1-2-12(8-13)9-18-10-14(15(19)20)16(11-18)4-6-21-7-5-16/h1-3,8,14H,4-7,9-11H2,(H,19,20)/t14-/m0/s1. The number of likely N-dealkylation sites (tertiary alicyclic amines) is 1. The number of carbonyl (C=O) groups is 1. The van der Waals surface area contributed by atoms with Gasteiger partial charge in [0.1, 0.15) is 0 Å². The van der Waals surface area contributed by atoms with Crippen molar-refractivity contribution in [3.63, 3.8) is 0 Å². The first-order valence-corrected chi connectivity index (χ1v) is 7.74. The molecule has 1 aromatic rings. The van der Waals surface area contributed by atoms with Crippen LogP contribution in [-0.2, 0) is 16.1 Å². The quantitative estimate of drug-likeness (QED) is 0.932. The highest BCUT2D eigenvalue weighted by Gasteiger charge is 2.50. The van der Waals surface area contributed by atoms with Crippen molar-refractivity contribution in [3.05, 3.63) is 34.9 Å². The molecular weight excluding hydrogens is 290 g/mol. The molecule has 0 aromatic heterocycles. The largest absolute Gasteiger partial charge is 0.481 e. The molecule has 3 rings (SSSR count). The number of carboxylic acid groups (broad SMARTS) is 1. The van der Waals surface area contributed by atoms with Gasteiger partial charge in [0.2, 0.25) is 0 Å². The molecule has 0 unspecified atom stereocenters. The number of halogens is 1. The van der Waals surface area contributed by atoms with Gasteiger partial charge in [0, 0.05) is 43.3 Å². The van der Waals surface area contributed by atoms with E-state index in [9.17, 15) is 9.90 Å². The number of carboxylic acids is 1. The fourth-order valence-electron chi connectivity index (χ4n) is 3.71. The van der Waals surface area contributed by atoms with Gasteiger partial charge in [-0.05, 0) is 30.5 Å². The minimum Gasteiger partial charge on any atom is -0.481 e. The third-order valence-corrected chi connectivity index (χ3v) is 5.04. The molecule has 2 heterocycles. The zero-order valence-electron chi connectivity index (χ0n) is 11.9. The molecule has 0 amide bonds. The molecule has 1 atom stereocenters. The Morgan fingerprint density at radius 1 is 1.43 bits per heavy atom. The van der Waals surface area contributed by atoms with E-state index in [2.05, 4.69) is 4.90 Å². The van der Waals surface area contributed by atoms with E-state index in [4.69, 9.17) is 16.3 Å². The van der Waals surface area contributed by atoms with Crippen LogP contribution in [0.1, 0.15) is 18.4 Å². The predicted octanol–water partition coefficient (Wildman–Crippen LogP) is 2.65. The number of hydrogen-bond donors (Lipinski definition) is 1. The van der Waals surface area contributed by atoms with E-state index in [1.54, 1.807) is 0 Å². The third-order valence-electron chi connectivity index (χ3n) is 4.80. The second-order valence-corrected chi connectivity index (χ2v) is 6.60. The summed E-state index contributed by atoms with van der Waals surface area (Å²) in [4.78, 5) is 13.9. The van der Waals surface area contributed by atoms with E-state index in [0.29, 0.717) is 19.8 Å². The average molecular weight is 310 g/mol. The average Bonchev–Trinajstić information content (AvgIpc) is 2.78. The van der Waals surface area contributed by atoms with Gasteiger partial charge in [-0.1, -0.05) is 23.7 Å². The molecular formula is C16H20ClNO3. The Balaban J connectivity index is 1.75. The maximum Gasteiger partial charge on any atom is 0.308 e.